The second kappa shape index (κ2) is 6.95. The first kappa shape index (κ1) is 16.8. The molecule has 0 fully saturated rings. The van der Waals surface area contributed by atoms with Crippen LogP contribution < -0.4 is 15.1 Å². The van der Waals surface area contributed by atoms with Gasteiger partial charge in [-0.05, 0) is 42.0 Å². The monoisotopic (exact) mass is 364 g/mol. The SMILES string of the molecule is COc1ccc(Cc2noc(-c3cc4cc(OC)ccc4oc3=O)n2)cc1. The Balaban J connectivity index is 1.65. The minimum absolute atomic E-state index is 0.122. The van der Waals surface area contributed by atoms with Crippen LogP contribution in [0.1, 0.15) is 11.4 Å². The van der Waals surface area contributed by atoms with E-state index in [1.807, 2.05) is 24.3 Å². The van der Waals surface area contributed by atoms with Crippen LogP contribution in [0.15, 0.2) is 62.3 Å². The van der Waals surface area contributed by atoms with Crippen molar-refractivity contribution >= 4 is 11.0 Å². The summed E-state index contributed by atoms with van der Waals surface area (Å²) in [5, 5.41) is 4.67. The van der Waals surface area contributed by atoms with Gasteiger partial charge in [-0.2, -0.15) is 4.98 Å². The second-order valence-corrected chi connectivity index (χ2v) is 5.89. The van der Waals surface area contributed by atoms with Crippen molar-refractivity contribution in [2.45, 2.75) is 6.42 Å². The van der Waals surface area contributed by atoms with E-state index in [1.165, 1.54) is 0 Å². The summed E-state index contributed by atoms with van der Waals surface area (Å²) in [5.41, 5.74) is 1.14. The molecule has 4 rings (SSSR count). The van der Waals surface area contributed by atoms with Crippen LogP contribution in [-0.4, -0.2) is 24.4 Å². The average molecular weight is 364 g/mol. The molecule has 0 atom stereocenters. The maximum atomic E-state index is 12.3. The average Bonchev–Trinajstić information content (AvgIpc) is 3.16. The van der Waals surface area contributed by atoms with Crippen molar-refractivity contribution in [2.24, 2.45) is 0 Å². The van der Waals surface area contributed by atoms with Gasteiger partial charge in [-0.15, -0.1) is 0 Å². The number of fused-ring (bicyclic) bond motifs is 1. The Morgan fingerprint density at radius 1 is 0.963 bits per heavy atom. The largest absolute Gasteiger partial charge is 0.497 e. The van der Waals surface area contributed by atoms with Crippen molar-refractivity contribution in [3.05, 3.63) is 70.3 Å². The highest BCUT2D eigenvalue weighted by molar-refractivity contribution is 5.81. The third-order valence-corrected chi connectivity index (χ3v) is 4.16. The molecule has 27 heavy (non-hydrogen) atoms. The van der Waals surface area contributed by atoms with Crippen molar-refractivity contribution < 1.29 is 18.4 Å². The van der Waals surface area contributed by atoms with Crippen LogP contribution in [0.3, 0.4) is 0 Å². The van der Waals surface area contributed by atoms with E-state index in [-0.39, 0.29) is 11.5 Å². The number of benzene rings is 2. The summed E-state index contributed by atoms with van der Waals surface area (Å²) >= 11 is 0. The molecule has 2 heterocycles. The molecule has 0 N–H and O–H groups in total. The van der Waals surface area contributed by atoms with Gasteiger partial charge in [0.2, 0.25) is 0 Å². The molecule has 2 aromatic carbocycles. The highest BCUT2D eigenvalue weighted by Crippen LogP contribution is 2.24. The predicted octanol–water partition coefficient (Wildman–Crippen LogP) is 3.45. The number of methoxy groups -OCH3 is 2. The maximum absolute atomic E-state index is 12.3. The molecule has 4 aromatic rings. The summed E-state index contributed by atoms with van der Waals surface area (Å²) in [5.74, 6) is 2.03. The second-order valence-electron chi connectivity index (χ2n) is 5.89. The Morgan fingerprint density at radius 3 is 2.44 bits per heavy atom. The van der Waals surface area contributed by atoms with Gasteiger partial charge in [0, 0.05) is 11.8 Å². The van der Waals surface area contributed by atoms with Crippen LogP contribution >= 0.6 is 0 Å². The summed E-state index contributed by atoms with van der Waals surface area (Å²) < 4.78 is 21.0. The predicted molar refractivity (Wildman–Crippen MR) is 98.1 cm³/mol. The first-order valence-corrected chi connectivity index (χ1v) is 8.24. The summed E-state index contributed by atoms with van der Waals surface area (Å²) in [6, 6.07) is 14.4. The first-order chi connectivity index (χ1) is 13.2. The molecule has 0 aliphatic heterocycles. The van der Waals surface area contributed by atoms with Crippen LogP contribution in [0.5, 0.6) is 11.5 Å². The molecule has 0 saturated carbocycles. The number of ether oxygens (including phenoxy) is 2. The van der Waals surface area contributed by atoms with Crippen LogP contribution in [0, 0.1) is 0 Å². The van der Waals surface area contributed by atoms with Crippen molar-refractivity contribution in [1.82, 2.24) is 10.1 Å². The molecular weight excluding hydrogens is 348 g/mol. The lowest BCUT2D eigenvalue weighted by molar-refractivity contribution is 0.414. The zero-order valence-electron chi connectivity index (χ0n) is 14.8. The molecule has 7 heteroatoms. The summed E-state index contributed by atoms with van der Waals surface area (Å²) in [4.78, 5) is 16.6. The van der Waals surface area contributed by atoms with E-state index in [4.69, 9.17) is 18.4 Å². The highest BCUT2D eigenvalue weighted by atomic mass is 16.5. The van der Waals surface area contributed by atoms with Gasteiger partial charge in [0.1, 0.15) is 22.6 Å². The Kier molecular flexibility index (Phi) is 4.33. The van der Waals surface area contributed by atoms with E-state index in [0.717, 1.165) is 11.3 Å². The lowest BCUT2D eigenvalue weighted by Gasteiger charge is -2.02. The lowest BCUT2D eigenvalue weighted by Crippen LogP contribution is -2.03. The van der Waals surface area contributed by atoms with Crippen LogP contribution in [-0.2, 0) is 6.42 Å². The highest BCUT2D eigenvalue weighted by Gasteiger charge is 2.16. The van der Waals surface area contributed by atoms with Gasteiger partial charge in [-0.1, -0.05) is 17.3 Å². The van der Waals surface area contributed by atoms with Crippen molar-refractivity contribution in [2.75, 3.05) is 14.2 Å². The van der Waals surface area contributed by atoms with Gasteiger partial charge in [-0.25, -0.2) is 4.79 Å². The Hall–Kier alpha value is -3.61. The maximum Gasteiger partial charge on any atom is 0.349 e. The molecule has 0 saturated heterocycles. The Morgan fingerprint density at radius 2 is 1.70 bits per heavy atom. The van der Waals surface area contributed by atoms with Gasteiger partial charge in [0.15, 0.2) is 5.82 Å². The molecular formula is C20H16N2O5. The normalized spacial score (nSPS) is 10.9. The molecule has 0 aliphatic carbocycles. The van der Waals surface area contributed by atoms with Gasteiger partial charge in [0.05, 0.1) is 14.2 Å². The van der Waals surface area contributed by atoms with Crippen molar-refractivity contribution in [3.63, 3.8) is 0 Å². The fourth-order valence-electron chi connectivity index (χ4n) is 2.74. The molecule has 136 valence electrons. The van der Waals surface area contributed by atoms with Gasteiger partial charge in [-0.3, -0.25) is 0 Å². The molecule has 0 bridgehead atoms. The Labute approximate surface area is 154 Å². The van der Waals surface area contributed by atoms with Crippen LogP contribution in [0.2, 0.25) is 0 Å². The number of hydrogen-bond acceptors (Lipinski definition) is 7. The number of rotatable bonds is 5. The smallest absolute Gasteiger partial charge is 0.349 e. The third-order valence-electron chi connectivity index (χ3n) is 4.16. The summed E-state index contributed by atoms with van der Waals surface area (Å²) in [6.45, 7) is 0. The van der Waals surface area contributed by atoms with E-state index in [0.29, 0.717) is 29.0 Å². The number of aromatic nitrogens is 2. The summed E-state index contributed by atoms with van der Waals surface area (Å²) in [7, 11) is 3.19. The van der Waals surface area contributed by atoms with Crippen molar-refractivity contribution in [1.29, 1.82) is 0 Å². The molecule has 0 amide bonds. The topological polar surface area (TPSA) is 87.6 Å². The quantitative estimate of drug-likeness (QED) is 0.501. The van der Waals surface area contributed by atoms with Gasteiger partial charge >= 0.3 is 5.63 Å². The minimum atomic E-state index is -0.535. The van der Waals surface area contributed by atoms with E-state index < -0.39 is 5.63 Å². The summed E-state index contributed by atoms with van der Waals surface area (Å²) in [6.07, 6.45) is 0.472. The van der Waals surface area contributed by atoms with E-state index >= 15 is 0 Å². The van der Waals surface area contributed by atoms with E-state index in [9.17, 15) is 4.79 Å². The molecule has 0 aliphatic rings. The van der Waals surface area contributed by atoms with Gasteiger partial charge in [0.25, 0.3) is 5.89 Å². The zero-order chi connectivity index (χ0) is 18.8. The molecule has 0 spiro atoms. The van der Waals surface area contributed by atoms with E-state index in [1.54, 1.807) is 38.5 Å². The molecule has 2 aromatic heterocycles. The minimum Gasteiger partial charge on any atom is -0.497 e. The van der Waals surface area contributed by atoms with Crippen molar-refractivity contribution in [3.8, 4) is 23.0 Å². The van der Waals surface area contributed by atoms with Gasteiger partial charge < -0.3 is 18.4 Å². The first-order valence-electron chi connectivity index (χ1n) is 8.24. The molecule has 7 nitrogen and oxygen atoms in total. The Bertz CT molecular complexity index is 1150. The van der Waals surface area contributed by atoms with E-state index in [2.05, 4.69) is 10.1 Å². The fraction of sp³-hybridized carbons (Fsp3) is 0.150. The standard InChI is InChI=1S/C20H16N2O5/c1-24-14-5-3-12(4-6-14)9-18-21-19(27-22-18)16-11-13-10-15(25-2)7-8-17(13)26-20(16)23/h3-8,10-11H,9H2,1-2H3. The molecule has 0 unspecified atom stereocenters. The zero-order valence-corrected chi connectivity index (χ0v) is 14.8. The lowest BCUT2D eigenvalue weighted by atomic mass is 10.1. The van der Waals surface area contributed by atoms with Crippen LogP contribution in [0.4, 0.5) is 0 Å². The fourth-order valence-corrected chi connectivity index (χ4v) is 2.74. The number of hydrogen-bond donors (Lipinski definition) is 0. The number of nitrogens with zero attached hydrogens (tertiary/aromatic N) is 2. The molecule has 0 radical (unpaired) electrons. The van der Waals surface area contributed by atoms with Crippen LogP contribution in [0.25, 0.3) is 22.4 Å². The third kappa shape index (κ3) is 3.39.